The Morgan fingerprint density at radius 1 is 1.00 bits per heavy atom. The van der Waals surface area contributed by atoms with Crippen LogP contribution >= 0.6 is 22.6 Å². The van der Waals surface area contributed by atoms with E-state index < -0.39 is 10.0 Å². The van der Waals surface area contributed by atoms with Crippen LogP contribution in [0.3, 0.4) is 0 Å². The quantitative estimate of drug-likeness (QED) is 0.816. The van der Waals surface area contributed by atoms with Crippen LogP contribution < -0.4 is 4.72 Å². The smallest absolute Gasteiger partial charge is 0.261 e. The molecule has 0 spiro atoms. The molecule has 0 aliphatic rings. The Kier molecular flexibility index (Phi) is 4.26. The number of nitrogens with one attached hydrogen (secondary N) is 1. The van der Waals surface area contributed by atoms with Crippen molar-refractivity contribution in [3.63, 3.8) is 0 Å². The van der Waals surface area contributed by atoms with Gasteiger partial charge in [-0.1, -0.05) is 24.8 Å². The fourth-order valence-electron chi connectivity index (χ4n) is 1.52. The van der Waals surface area contributed by atoms with E-state index in [4.69, 9.17) is 0 Å². The van der Waals surface area contributed by atoms with Gasteiger partial charge >= 0.3 is 0 Å². The summed E-state index contributed by atoms with van der Waals surface area (Å²) in [6.07, 6.45) is 1.71. The van der Waals surface area contributed by atoms with Gasteiger partial charge in [0.25, 0.3) is 10.0 Å². The molecular weight excluding hydrogens is 373 g/mol. The highest BCUT2D eigenvalue weighted by Gasteiger charge is 2.13. The summed E-state index contributed by atoms with van der Waals surface area (Å²) in [5.41, 5.74) is 1.47. The summed E-state index contributed by atoms with van der Waals surface area (Å²) < 4.78 is 27.8. The van der Waals surface area contributed by atoms with Crippen LogP contribution in [0.2, 0.25) is 0 Å². The molecular formula is C14H12INO2S. The molecule has 1 N–H and O–H groups in total. The van der Waals surface area contributed by atoms with Gasteiger partial charge in [0.1, 0.15) is 0 Å². The molecule has 0 atom stereocenters. The van der Waals surface area contributed by atoms with Gasteiger partial charge in [-0.05, 0) is 64.6 Å². The molecule has 2 rings (SSSR count). The maximum Gasteiger partial charge on any atom is 0.261 e. The van der Waals surface area contributed by atoms with E-state index in [0.29, 0.717) is 5.69 Å². The summed E-state index contributed by atoms with van der Waals surface area (Å²) in [5, 5.41) is 0. The molecule has 2 aromatic carbocycles. The van der Waals surface area contributed by atoms with Crippen LogP contribution in [0.5, 0.6) is 0 Å². The lowest BCUT2D eigenvalue weighted by Gasteiger charge is -2.08. The third-order valence-corrected chi connectivity index (χ3v) is 4.64. The third-order valence-electron chi connectivity index (χ3n) is 2.52. The first-order chi connectivity index (χ1) is 9.01. The molecule has 0 unspecified atom stereocenters. The van der Waals surface area contributed by atoms with Crippen LogP contribution in [-0.4, -0.2) is 8.42 Å². The largest absolute Gasteiger partial charge is 0.280 e. The predicted octanol–water partition coefficient (Wildman–Crippen LogP) is 3.74. The molecule has 0 bridgehead atoms. The Bertz CT molecular complexity index is 676. The van der Waals surface area contributed by atoms with Crippen molar-refractivity contribution in [1.82, 2.24) is 0 Å². The van der Waals surface area contributed by atoms with E-state index in [0.717, 1.165) is 9.13 Å². The first-order valence-corrected chi connectivity index (χ1v) is 8.08. The van der Waals surface area contributed by atoms with E-state index >= 15 is 0 Å². The molecule has 19 heavy (non-hydrogen) atoms. The minimum Gasteiger partial charge on any atom is -0.280 e. The molecule has 0 saturated carbocycles. The van der Waals surface area contributed by atoms with Gasteiger partial charge in [-0.15, -0.1) is 0 Å². The van der Waals surface area contributed by atoms with Crippen molar-refractivity contribution in [3.8, 4) is 0 Å². The molecule has 0 amide bonds. The Morgan fingerprint density at radius 2 is 1.58 bits per heavy atom. The Hall–Kier alpha value is -1.34. The number of benzene rings is 2. The molecule has 98 valence electrons. The number of anilines is 1. The zero-order valence-corrected chi connectivity index (χ0v) is 13.0. The van der Waals surface area contributed by atoms with Gasteiger partial charge in [-0.3, -0.25) is 4.72 Å². The highest BCUT2D eigenvalue weighted by molar-refractivity contribution is 14.1. The lowest BCUT2D eigenvalue weighted by molar-refractivity contribution is 0.601. The second-order valence-corrected chi connectivity index (χ2v) is 6.81. The van der Waals surface area contributed by atoms with Crippen molar-refractivity contribution in [3.05, 3.63) is 64.2 Å². The Labute approximate surface area is 126 Å². The van der Waals surface area contributed by atoms with E-state index in [-0.39, 0.29) is 4.90 Å². The number of rotatable bonds is 4. The Morgan fingerprint density at radius 3 is 2.11 bits per heavy atom. The number of hydrogen-bond acceptors (Lipinski definition) is 2. The van der Waals surface area contributed by atoms with Crippen molar-refractivity contribution in [2.75, 3.05) is 4.72 Å². The van der Waals surface area contributed by atoms with Gasteiger partial charge in [-0.2, -0.15) is 0 Å². The average molecular weight is 385 g/mol. The van der Waals surface area contributed by atoms with E-state index in [2.05, 4.69) is 33.9 Å². The standard InChI is InChI=1S/C14H12INO2S/c1-2-11-3-7-13(8-4-11)16-19(17,18)14-9-5-12(15)6-10-14/h2-10,16H,1H2. The van der Waals surface area contributed by atoms with E-state index in [1.807, 2.05) is 0 Å². The number of hydrogen-bond donors (Lipinski definition) is 1. The van der Waals surface area contributed by atoms with Crippen LogP contribution in [-0.2, 0) is 10.0 Å². The predicted molar refractivity (Wildman–Crippen MR) is 86.5 cm³/mol. The SMILES string of the molecule is C=Cc1ccc(NS(=O)(=O)c2ccc(I)cc2)cc1. The second kappa shape index (κ2) is 5.75. The molecule has 0 aliphatic carbocycles. The summed E-state index contributed by atoms with van der Waals surface area (Å²) in [4.78, 5) is 0.251. The molecule has 5 heteroatoms. The van der Waals surface area contributed by atoms with E-state index in [1.165, 1.54) is 0 Å². The van der Waals surface area contributed by atoms with Crippen LogP contribution in [0.15, 0.2) is 60.0 Å². The first-order valence-electron chi connectivity index (χ1n) is 5.52. The molecule has 0 heterocycles. The van der Waals surface area contributed by atoms with Crippen molar-refractivity contribution in [2.24, 2.45) is 0 Å². The molecule has 2 aromatic rings. The molecule has 0 radical (unpaired) electrons. The normalized spacial score (nSPS) is 11.0. The second-order valence-electron chi connectivity index (χ2n) is 3.89. The lowest BCUT2D eigenvalue weighted by Crippen LogP contribution is -2.12. The van der Waals surface area contributed by atoms with Crippen LogP contribution in [0.1, 0.15) is 5.56 Å². The summed E-state index contributed by atoms with van der Waals surface area (Å²) in [6.45, 7) is 3.65. The summed E-state index contributed by atoms with van der Waals surface area (Å²) >= 11 is 2.13. The summed E-state index contributed by atoms with van der Waals surface area (Å²) in [7, 11) is -3.53. The van der Waals surface area contributed by atoms with Gasteiger partial charge in [-0.25, -0.2) is 8.42 Å². The minimum atomic E-state index is -3.53. The summed E-state index contributed by atoms with van der Waals surface area (Å²) in [6, 6.07) is 13.7. The van der Waals surface area contributed by atoms with Crippen molar-refractivity contribution >= 4 is 44.4 Å². The van der Waals surface area contributed by atoms with Gasteiger partial charge in [0.2, 0.25) is 0 Å². The van der Waals surface area contributed by atoms with Crippen molar-refractivity contribution in [1.29, 1.82) is 0 Å². The van der Waals surface area contributed by atoms with Crippen LogP contribution in [0.4, 0.5) is 5.69 Å². The number of sulfonamides is 1. The highest BCUT2D eigenvalue weighted by Crippen LogP contribution is 2.18. The maximum absolute atomic E-state index is 12.1. The Balaban J connectivity index is 2.25. The van der Waals surface area contributed by atoms with Crippen molar-refractivity contribution in [2.45, 2.75) is 4.90 Å². The molecule has 3 nitrogen and oxygen atoms in total. The van der Waals surface area contributed by atoms with Gasteiger partial charge in [0, 0.05) is 9.26 Å². The van der Waals surface area contributed by atoms with Gasteiger partial charge in [0.05, 0.1) is 4.90 Å². The van der Waals surface area contributed by atoms with Gasteiger partial charge in [0.15, 0.2) is 0 Å². The highest BCUT2D eigenvalue weighted by atomic mass is 127. The molecule has 0 saturated heterocycles. The lowest BCUT2D eigenvalue weighted by atomic mass is 10.2. The number of halogens is 1. The van der Waals surface area contributed by atoms with E-state index in [1.54, 1.807) is 54.6 Å². The topological polar surface area (TPSA) is 46.2 Å². The fourth-order valence-corrected chi connectivity index (χ4v) is 2.93. The van der Waals surface area contributed by atoms with Gasteiger partial charge < -0.3 is 0 Å². The zero-order chi connectivity index (χ0) is 13.9. The molecule has 0 fully saturated rings. The zero-order valence-electron chi connectivity index (χ0n) is 10.0. The third kappa shape index (κ3) is 3.57. The average Bonchev–Trinajstić information content (AvgIpc) is 2.40. The minimum absolute atomic E-state index is 0.251. The van der Waals surface area contributed by atoms with Crippen molar-refractivity contribution < 1.29 is 8.42 Å². The van der Waals surface area contributed by atoms with Crippen LogP contribution in [0, 0.1) is 3.57 Å². The monoisotopic (exact) mass is 385 g/mol. The van der Waals surface area contributed by atoms with E-state index in [9.17, 15) is 8.42 Å². The van der Waals surface area contributed by atoms with Crippen LogP contribution in [0.25, 0.3) is 6.08 Å². The summed E-state index contributed by atoms with van der Waals surface area (Å²) in [5.74, 6) is 0. The first kappa shape index (κ1) is 14.1. The molecule has 0 aliphatic heterocycles. The molecule has 0 aromatic heterocycles. The maximum atomic E-state index is 12.1. The fraction of sp³-hybridized carbons (Fsp3) is 0.